The SMILES string of the molecule is O=C(COc1ccc(F)cc1Cl)Nc1cc(Cl)cc(Cl)c1. The fourth-order valence-corrected chi connectivity index (χ4v) is 2.31. The minimum atomic E-state index is -0.481. The second-order valence-electron chi connectivity index (χ2n) is 4.07. The Morgan fingerprint density at radius 1 is 1.10 bits per heavy atom. The van der Waals surface area contributed by atoms with Gasteiger partial charge in [-0.15, -0.1) is 0 Å². The molecule has 7 heteroatoms. The molecule has 0 aliphatic heterocycles. The van der Waals surface area contributed by atoms with Gasteiger partial charge < -0.3 is 10.1 Å². The number of ether oxygens (including phenoxy) is 1. The molecule has 0 bridgehead atoms. The second-order valence-corrected chi connectivity index (χ2v) is 5.35. The second kappa shape index (κ2) is 6.98. The summed E-state index contributed by atoms with van der Waals surface area (Å²) in [5, 5.41) is 3.47. The number of amides is 1. The van der Waals surface area contributed by atoms with E-state index in [1.165, 1.54) is 12.1 Å². The number of benzene rings is 2. The first-order valence-electron chi connectivity index (χ1n) is 5.78. The Hall–Kier alpha value is -1.49. The molecule has 0 atom stereocenters. The van der Waals surface area contributed by atoms with E-state index >= 15 is 0 Å². The van der Waals surface area contributed by atoms with Crippen LogP contribution in [-0.2, 0) is 4.79 Å². The summed E-state index contributed by atoms with van der Waals surface area (Å²) in [6.07, 6.45) is 0. The van der Waals surface area contributed by atoms with Crippen LogP contribution in [0, 0.1) is 5.82 Å². The maximum absolute atomic E-state index is 12.9. The smallest absolute Gasteiger partial charge is 0.262 e. The van der Waals surface area contributed by atoms with Gasteiger partial charge in [-0.1, -0.05) is 34.8 Å². The number of nitrogens with one attached hydrogen (secondary N) is 1. The van der Waals surface area contributed by atoms with E-state index in [1.807, 2.05) is 0 Å². The summed E-state index contributed by atoms with van der Waals surface area (Å²) in [7, 11) is 0. The Kier molecular flexibility index (Phi) is 5.28. The van der Waals surface area contributed by atoms with E-state index in [1.54, 1.807) is 18.2 Å². The zero-order valence-corrected chi connectivity index (χ0v) is 12.8. The van der Waals surface area contributed by atoms with Gasteiger partial charge in [0.1, 0.15) is 11.6 Å². The highest BCUT2D eigenvalue weighted by atomic mass is 35.5. The topological polar surface area (TPSA) is 38.3 Å². The minimum Gasteiger partial charge on any atom is -0.482 e. The van der Waals surface area contributed by atoms with Crippen molar-refractivity contribution in [1.29, 1.82) is 0 Å². The van der Waals surface area contributed by atoms with Crippen LogP contribution in [0.15, 0.2) is 36.4 Å². The highest BCUT2D eigenvalue weighted by molar-refractivity contribution is 6.35. The van der Waals surface area contributed by atoms with Crippen LogP contribution in [0.4, 0.5) is 10.1 Å². The Morgan fingerprint density at radius 2 is 1.76 bits per heavy atom. The van der Waals surface area contributed by atoms with Gasteiger partial charge in [0.25, 0.3) is 5.91 Å². The number of rotatable bonds is 4. The largest absolute Gasteiger partial charge is 0.482 e. The predicted molar refractivity (Wildman–Crippen MR) is 82.0 cm³/mol. The van der Waals surface area contributed by atoms with Gasteiger partial charge in [-0.2, -0.15) is 0 Å². The van der Waals surface area contributed by atoms with Gasteiger partial charge in [-0.05, 0) is 36.4 Å². The van der Waals surface area contributed by atoms with Crippen LogP contribution < -0.4 is 10.1 Å². The van der Waals surface area contributed by atoms with Crippen molar-refractivity contribution in [1.82, 2.24) is 0 Å². The van der Waals surface area contributed by atoms with Crippen molar-refractivity contribution in [3.05, 3.63) is 57.3 Å². The van der Waals surface area contributed by atoms with Crippen molar-refractivity contribution in [3.63, 3.8) is 0 Å². The molecule has 0 aliphatic rings. The molecule has 0 unspecified atom stereocenters. The first kappa shape index (κ1) is 15.9. The molecule has 0 spiro atoms. The molecule has 0 heterocycles. The number of hydrogen-bond acceptors (Lipinski definition) is 2. The van der Waals surface area contributed by atoms with Gasteiger partial charge in [0.2, 0.25) is 0 Å². The van der Waals surface area contributed by atoms with E-state index in [4.69, 9.17) is 39.5 Å². The van der Waals surface area contributed by atoms with Crippen molar-refractivity contribution >= 4 is 46.4 Å². The van der Waals surface area contributed by atoms with Gasteiger partial charge in [-0.3, -0.25) is 4.79 Å². The van der Waals surface area contributed by atoms with Crippen LogP contribution in [0.5, 0.6) is 5.75 Å². The Bertz CT molecular complexity index is 659. The Balaban J connectivity index is 1.95. The minimum absolute atomic E-state index is 0.0913. The number of carbonyl (C=O) groups excluding carboxylic acids is 1. The van der Waals surface area contributed by atoms with Gasteiger partial charge in [0.05, 0.1) is 5.02 Å². The predicted octanol–water partition coefficient (Wildman–Crippen LogP) is 4.80. The highest BCUT2D eigenvalue weighted by Gasteiger charge is 2.08. The molecule has 0 saturated carbocycles. The fourth-order valence-electron chi connectivity index (χ4n) is 1.56. The maximum Gasteiger partial charge on any atom is 0.262 e. The lowest BCUT2D eigenvalue weighted by Gasteiger charge is -2.09. The van der Waals surface area contributed by atoms with Crippen LogP contribution in [0.1, 0.15) is 0 Å². The van der Waals surface area contributed by atoms with Crippen LogP contribution in [0.25, 0.3) is 0 Å². The average Bonchev–Trinajstić information content (AvgIpc) is 2.36. The molecule has 2 aromatic rings. The van der Waals surface area contributed by atoms with E-state index in [9.17, 15) is 9.18 Å². The summed E-state index contributed by atoms with van der Waals surface area (Å²) in [5.74, 6) is -0.684. The van der Waals surface area contributed by atoms with Crippen molar-refractivity contribution in [2.45, 2.75) is 0 Å². The van der Waals surface area contributed by atoms with Gasteiger partial charge in [-0.25, -0.2) is 4.39 Å². The number of halogens is 4. The summed E-state index contributed by atoms with van der Waals surface area (Å²) in [6.45, 7) is -0.282. The average molecular weight is 349 g/mol. The molecule has 2 aromatic carbocycles. The quantitative estimate of drug-likeness (QED) is 0.861. The molecule has 3 nitrogen and oxygen atoms in total. The summed E-state index contributed by atoms with van der Waals surface area (Å²) in [5.41, 5.74) is 0.450. The highest BCUT2D eigenvalue weighted by Crippen LogP contribution is 2.25. The van der Waals surface area contributed by atoms with E-state index < -0.39 is 11.7 Å². The fraction of sp³-hybridized carbons (Fsp3) is 0.0714. The first-order valence-corrected chi connectivity index (χ1v) is 6.91. The number of hydrogen-bond donors (Lipinski definition) is 1. The molecule has 2 rings (SSSR count). The zero-order chi connectivity index (χ0) is 15.4. The van der Waals surface area contributed by atoms with E-state index in [0.29, 0.717) is 15.7 Å². The molecule has 0 saturated heterocycles. The maximum atomic E-state index is 12.9. The molecule has 0 aromatic heterocycles. The van der Waals surface area contributed by atoms with Gasteiger partial charge in [0.15, 0.2) is 6.61 Å². The zero-order valence-electron chi connectivity index (χ0n) is 10.5. The lowest BCUT2D eigenvalue weighted by atomic mass is 10.3. The summed E-state index contributed by atoms with van der Waals surface area (Å²) < 4.78 is 18.1. The first-order chi connectivity index (χ1) is 9.94. The molecule has 0 aliphatic carbocycles. The van der Waals surface area contributed by atoms with Crippen LogP contribution in [0.3, 0.4) is 0 Å². The third-order valence-corrected chi connectivity index (χ3v) is 3.13. The van der Waals surface area contributed by atoms with Crippen molar-refractivity contribution in [3.8, 4) is 5.75 Å². The summed E-state index contributed by atoms with van der Waals surface area (Å²) >= 11 is 17.4. The molecular weight excluding hydrogens is 340 g/mol. The van der Waals surface area contributed by atoms with Crippen LogP contribution in [-0.4, -0.2) is 12.5 Å². The lowest BCUT2D eigenvalue weighted by Crippen LogP contribution is -2.20. The van der Waals surface area contributed by atoms with Gasteiger partial charge in [0, 0.05) is 15.7 Å². The van der Waals surface area contributed by atoms with Crippen LogP contribution in [0.2, 0.25) is 15.1 Å². The Morgan fingerprint density at radius 3 is 2.38 bits per heavy atom. The monoisotopic (exact) mass is 347 g/mol. The number of anilines is 1. The number of carbonyl (C=O) groups is 1. The third kappa shape index (κ3) is 4.77. The lowest BCUT2D eigenvalue weighted by molar-refractivity contribution is -0.118. The molecule has 0 radical (unpaired) electrons. The van der Waals surface area contributed by atoms with E-state index in [2.05, 4.69) is 5.32 Å². The van der Waals surface area contributed by atoms with Crippen molar-refractivity contribution in [2.75, 3.05) is 11.9 Å². The molecule has 21 heavy (non-hydrogen) atoms. The summed E-state index contributed by atoms with van der Waals surface area (Å²) in [4.78, 5) is 11.7. The normalized spacial score (nSPS) is 10.3. The Labute approximate surface area is 135 Å². The van der Waals surface area contributed by atoms with Crippen molar-refractivity contribution in [2.24, 2.45) is 0 Å². The van der Waals surface area contributed by atoms with E-state index in [-0.39, 0.29) is 17.4 Å². The molecule has 1 N–H and O–H groups in total. The standard InChI is InChI=1S/C14H9Cl3FNO2/c15-8-3-9(16)5-11(4-8)19-14(20)7-21-13-2-1-10(18)6-12(13)17/h1-6H,7H2,(H,19,20). The van der Waals surface area contributed by atoms with Gasteiger partial charge >= 0.3 is 0 Å². The third-order valence-electron chi connectivity index (χ3n) is 2.40. The summed E-state index contributed by atoms with van der Waals surface area (Å²) in [6, 6.07) is 8.29. The molecule has 110 valence electrons. The molecular formula is C14H9Cl3FNO2. The molecule has 1 amide bonds. The van der Waals surface area contributed by atoms with Crippen molar-refractivity contribution < 1.29 is 13.9 Å². The van der Waals surface area contributed by atoms with Crippen LogP contribution >= 0.6 is 34.8 Å². The molecule has 0 fully saturated rings. The van der Waals surface area contributed by atoms with E-state index in [0.717, 1.165) is 6.07 Å².